The zero-order valence-electron chi connectivity index (χ0n) is 17.3. The summed E-state index contributed by atoms with van der Waals surface area (Å²) in [7, 11) is -3.64. The van der Waals surface area contributed by atoms with Crippen LogP contribution in [0.25, 0.3) is 0 Å². The van der Waals surface area contributed by atoms with Crippen LogP contribution in [0.4, 0.5) is 5.69 Å². The number of hydrogen-bond donors (Lipinski definition) is 1. The summed E-state index contributed by atoms with van der Waals surface area (Å²) in [5.41, 5.74) is 3.40. The first-order chi connectivity index (χ1) is 14.9. The fourth-order valence-electron chi connectivity index (χ4n) is 3.70. The lowest BCUT2D eigenvalue weighted by molar-refractivity contribution is 0.0628. The number of nitrogens with one attached hydrogen (secondary N) is 1. The Morgan fingerprint density at radius 1 is 1.00 bits per heavy atom. The number of piperazine rings is 1. The largest absolute Gasteiger partial charge is 0.336 e. The Morgan fingerprint density at radius 3 is 2.48 bits per heavy atom. The summed E-state index contributed by atoms with van der Waals surface area (Å²) in [6.45, 7) is 5.89. The van der Waals surface area contributed by atoms with E-state index in [9.17, 15) is 13.2 Å². The highest BCUT2D eigenvalue weighted by molar-refractivity contribution is 7.94. The molecule has 1 saturated heterocycles. The molecule has 162 valence electrons. The summed E-state index contributed by atoms with van der Waals surface area (Å²) in [6.07, 6.45) is 0. The van der Waals surface area contributed by atoms with Gasteiger partial charge in [0.1, 0.15) is 4.21 Å². The maximum atomic E-state index is 13.0. The predicted octanol–water partition coefficient (Wildman–Crippen LogP) is 3.82. The third kappa shape index (κ3) is 5.33. The molecule has 1 N–H and O–H groups in total. The van der Waals surface area contributed by atoms with Gasteiger partial charge in [-0.15, -0.1) is 11.3 Å². The molecule has 2 aromatic carbocycles. The van der Waals surface area contributed by atoms with Crippen LogP contribution in [0.3, 0.4) is 0 Å². The number of hydrogen-bond acceptors (Lipinski definition) is 5. The minimum atomic E-state index is -3.64. The van der Waals surface area contributed by atoms with E-state index in [0.29, 0.717) is 24.3 Å². The van der Waals surface area contributed by atoms with Crippen LogP contribution in [0, 0.1) is 6.92 Å². The first kappa shape index (κ1) is 21.5. The molecule has 6 nitrogen and oxygen atoms in total. The number of amides is 1. The normalized spacial score (nSPS) is 15.1. The van der Waals surface area contributed by atoms with Crippen LogP contribution in [0.2, 0.25) is 0 Å². The molecule has 31 heavy (non-hydrogen) atoms. The average molecular weight is 456 g/mol. The first-order valence-electron chi connectivity index (χ1n) is 10.1. The number of anilines is 1. The molecular formula is C23H25N3O3S2. The summed E-state index contributed by atoms with van der Waals surface area (Å²) in [4.78, 5) is 17.2. The van der Waals surface area contributed by atoms with Gasteiger partial charge in [-0.05, 0) is 42.1 Å². The van der Waals surface area contributed by atoms with Crippen molar-refractivity contribution in [3.63, 3.8) is 0 Å². The minimum Gasteiger partial charge on any atom is -0.336 e. The second kappa shape index (κ2) is 9.21. The second-order valence-corrected chi connectivity index (χ2v) is 10.5. The van der Waals surface area contributed by atoms with Crippen LogP contribution in [-0.2, 0) is 16.6 Å². The zero-order valence-corrected chi connectivity index (χ0v) is 19.0. The lowest BCUT2D eigenvalue weighted by atomic mass is 10.1. The lowest BCUT2D eigenvalue weighted by Gasteiger charge is -2.35. The predicted molar refractivity (Wildman–Crippen MR) is 124 cm³/mol. The van der Waals surface area contributed by atoms with Gasteiger partial charge in [-0.2, -0.15) is 0 Å². The molecule has 0 atom stereocenters. The molecule has 0 saturated carbocycles. The smallest absolute Gasteiger partial charge is 0.271 e. The topological polar surface area (TPSA) is 69.7 Å². The van der Waals surface area contributed by atoms with Gasteiger partial charge in [0.05, 0.1) is 0 Å². The molecule has 1 amide bonds. The van der Waals surface area contributed by atoms with Gasteiger partial charge in [0.15, 0.2) is 0 Å². The maximum Gasteiger partial charge on any atom is 0.271 e. The van der Waals surface area contributed by atoms with E-state index in [-0.39, 0.29) is 10.1 Å². The first-order valence-corrected chi connectivity index (χ1v) is 12.5. The van der Waals surface area contributed by atoms with Gasteiger partial charge in [0.2, 0.25) is 0 Å². The average Bonchev–Trinajstić information content (AvgIpc) is 3.30. The van der Waals surface area contributed by atoms with Crippen LogP contribution in [0.5, 0.6) is 0 Å². The standard InChI is InChI=1S/C23H25N3O3S2/c1-18-5-2-6-19(15-18)17-25-10-12-26(13-11-25)23(27)20-7-3-8-21(16-20)24-31(28,29)22-9-4-14-30-22/h2-9,14-16,24H,10-13,17H2,1H3. The fraction of sp³-hybridized carbons (Fsp3) is 0.261. The molecule has 3 aromatic rings. The maximum absolute atomic E-state index is 13.0. The van der Waals surface area contributed by atoms with Crippen molar-refractivity contribution in [2.45, 2.75) is 17.7 Å². The molecule has 0 bridgehead atoms. The van der Waals surface area contributed by atoms with Crippen LogP contribution in [0.15, 0.2) is 70.3 Å². The van der Waals surface area contributed by atoms with Crippen LogP contribution < -0.4 is 4.72 Å². The summed E-state index contributed by atoms with van der Waals surface area (Å²) in [6, 6.07) is 18.4. The van der Waals surface area contributed by atoms with E-state index in [0.717, 1.165) is 31.0 Å². The van der Waals surface area contributed by atoms with Gasteiger partial charge in [-0.1, -0.05) is 42.0 Å². The fourth-order valence-corrected chi connectivity index (χ4v) is 5.74. The summed E-state index contributed by atoms with van der Waals surface area (Å²) in [5, 5.41) is 1.72. The monoisotopic (exact) mass is 455 g/mol. The third-order valence-electron chi connectivity index (χ3n) is 5.27. The van der Waals surface area contributed by atoms with Gasteiger partial charge < -0.3 is 4.90 Å². The van der Waals surface area contributed by atoms with Crippen molar-refractivity contribution in [3.8, 4) is 0 Å². The zero-order chi connectivity index (χ0) is 21.8. The number of carbonyl (C=O) groups is 1. The minimum absolute atomic E-state index is 0.0765. The third-order valence-corrected chi connectivity index (χ3v) is 8.05. The Hall–Kier alpha value is -2.68. The number of benzene rings is 2. The van der Waals surface area contributed by atoms with Crippen molar-refractivity contribution in [2.24, 2.45) is 0 Å². The van der Waals surface area contributed by atoms with Crippen LogP contribution >= 0.6 is 11.3 Å². The molecule has 0 spiro atoms. The molecule has 1 fully saturated rings. The summed E-state index contributed by atoms with van der Waals surface area (Å²) < 4.78 is 27.7. The van der Waals surface area contributed by atoms with E-state index in [1.54, 1.807) is 41.8 Å². The Morgan fingerprint density at radius 2 is 1.77 bits per heavy atom. The molecule has 0 aliphatic carbocycles. The molecular weight excluding hydrogens is 430 g/mol. The highest BCUT2D eigenvalue weighted by Crippen LogP contribution is 2.21. The molecule has 0 unspecified atom stereocenters. The molecule has 4 rings (SSSR count). The Balaban J connectivity index is 1.37. The van der Waals surface area contributed by atoms with Crippen LogP contribution in [-0.4, -0.2) is 50.3 Å². The van der Waals surface area contributed by atoms with Gasteiger partial charge in [0, 0.05) is 44.0 Å². The van der Waals surface area contributed by atoms with Gasteiger partial charge >= 0.3 is 0 Å². The van der Waals surface area contributed by atoms with Crippen molar-refractivity contribution in [1.29, 1.82) is 0 Å². The highest BCUT2D eigenvalue weighted by atomic mass is 32.2. The molecule has 1 aliphatic rings. The van der Waals surface area contributed by atoms with E-state index >= 15 is 0 Å². The van der Waals surface area contributed by atoms with E-state index in [2.05, 4.69) is 40.8 Å². The van der Waals surface area contributed by atoms with Crippen molar-refractivity contribution in [3.05, 3.63) is 82.7 Å². The lowest BCUT2D eigenvalue weighted by Crippen LogP contribution is -2.48. The number of sulfonamides is 1. The molecule has 8 heteroatoms. The number of nitrogens with zero attached hydrogens (tertiary/aromatic N) is 2. The Kier molecular flexibility index (Phi) is 6.41. The van der Waals surface area contributed by atoms with Crippen molar-refractivity contribution in [1.82, 2.24) is 9.80 Å². The van der Waals surface area contributed by atoms with E-state index in [1.807, 2.05) is 4.90 Å². The molecule has 1 aliphatic heterocycles. The highest BCUT2D eigenvalue weighted by Gasteiger charge is 2.23. The summed E-state index contributed by atoms with van der Waals surface area (Å²) >= 11 is 1.15. The van der Waals surface area contributed by atoms with Crippen molar-refractivity contribution in [2.75, 3.05) is 30.9 Å². The van der Waals surface area contributed by atoms with E-state index in [1.165, 1.54) is 11.1 Å². The number of thiophene rings is 1. The van der Waals surface area contributed by atoms with Gasteiger partial charge in [-0.3, -0.25) is 14.4 Å². The summed E-state index contributed by atoms with van der Waals surface area (Å²) in [5.74, 6) is -0.0765. The van der Waals surface area contributed by atoms with Crippen molar-refractivity contribution < 1.29 is 13.2 Å². The number of carbonyl (C=O) groups excluding carboxylic acids is 1. The second-order valence-electron chi connectivity index (χ2n) is 7.68. The van der Waals surface area contributed by atoms with Gasteiger partial charge in [0.25, 0.3) is 15.9 Å². The Bertz CT molecular complexity index is 1150. The van der Waals surface area contributed by atoms with Crippen molar-refractivity contribution >= 4 is 33.0 Å². The van der Waals surface area contributed by atoms with Crippen LogP contribution in [0.1, 0.15) is 21.5 Å². The molecule has 2 heterocycles. The molecule has 1 aromatic heterocycles. The molecule has 0 radical (unpaired) electrons. The quantitative estimate of drug-likeness (QED) is 0.614. The van der Waals surface area contributed by atoms with E-state index in [4.69, 9.17) is 0 Å². The number of aryl methyl sites for hydroxylation is 1. The van der Waals surface area contributed by atoms with E-state index < -0.39 is 10.0 Å². The SMILES string of the molecule is Cc1cccc(CN2CCN(C(=O)c3cccc(NS(=O)(=O)c4cccs4)c3)CC2)c1. The number of rotatable bonds is 6. The van der Waals surface area contributed by atoms with Gasteiger partial charge in [-0.25, -0.2) is 8.42 Å². The Labute approximate surface area is 187 Å².